The van der Waals surface area contributed by atoms with Gasteiger partial charge in [-0.25, -0.2) is 0 Å². The Morgan fingerprint density at radius 1 is 1.20 bits per heavy atom. The summed E-state index contributed by atoms with van der Waals surface area (Å²) in [7, 11) is 1.76. The van der Waals surface area contributed by atoms with Gasteiger partial charge in [0.15, 0.2) is 5.96 Å². The third-order valence-electron chi connectivity index (χ3n) is 4.29. The predicted octanol–water partition coefficient (Wildman–Crippen LogP) is 2.38. The van der Waals surface area contributed by atoms with E-state index < -0.39 is 0 Å². The van der Waals surface area contributed by atoms with Gasteiger partial charge >= 0.3 is 0 Å². The zero-order valence-corrected chi connectivity index (χ0v) is 19.0. The Bertz CT molecular complexity index is 422. The third kappa shape index (κ3) is 9.08. The number of rotatable bonds is 6. The van der Waals surface area contributed by atoms with Gasteiger partial charge in [-0.3, -0.25) is 9.79 Å². The largest absolute Gasteiger partial charge is 0.377 e. The molecule has 0 aromatic heterocycles. The molecule has 1 rings (SSSR count). The molecule has 1 saturated heterocycles. The van der Waals surface area contributed by atoms with Gasteiger partial charge in [-0.2, -0.15) is 0 Å². The molecule has 0 radical (unpaired) electrons. The summed E-state index contributed by atoms with van der Waals surface area (Å²) in [6.07, 6.45) is 2.56. The molecule has 0 aromatic rings. The predicted molar refractivity (Wildman–Crippen MR) is 115 cm³/mol. The third-order valence-corrected chi connectivity index (χ3v) is 4.29. The molecule has 0 bridgehead atoms. The molecule has 1 aliphatic heterocycles. The van der Waals surface area contributed by atoms with Crippen LogP contribution in [0.5, 0.6) is 0 Å². The Balaban J connectivity index is 0.00000576. The second-order valence-electron chi connectivity index (χ2n) is 7.89. The summed E-state index contributed by atoms with van der Waals surface area (Å²) in [6.45, 7) is 13.4. The number of nitrogens with zero attached hydrogens (tertiary/aromatic N) is 1. The molecule has 0 aromatic carbocycles. The number of hydrogen-bond donors (Lipinski definition) is 3. The fourth-order valence-corrected chi connectivity index (χ4v) is 3.03. The monoisotopic (exact) mass is 468 g/mol. The lowest BCUT2D eigenvalue weighted by atomic mass is 9.78. The number of carbonyl (C=O) groups excluding carboxylic acids is 1. The van der Waals surface area contributed by atoms with Crippen LogP contribution in [0.3, 0.4) is 0 Å². The highest BCUT2D eigenvalue weighted by molar-refractivity contribution is 14.0. The van der Waals surface area contributed by atoms with Gasteiger partial charge in [-0.1, -0.05) is 34.6 Å². The van der Waals surface area contributed by atoms with Gasteiger partial charge < -0.3 is 20.7 Å². The highest BCUT2D eigenvalue weighted by Crippen LogP contribution is 2.33. The normalized spacial score (nSPS) is 21.5. The minimum atomic E-state index is 0. The molecule has 2 unspecified atom stereocenters. The molecule has 148 valence electrons. The molecule has 1 heterocycles. The molecule has 2 atom stereocenters. The van der Waals surface area contributed by atoms with E-state index in [1.54, 1.807) is 7.05 Å². The van der Waals surface area contributed by atoms with Crippen LogP contribution in [0.2, 0.25) is 0 Å². The molecule has 7 heteroatoms. The summed E-state index contributed by atoms with van der Waals surface area (Å²) in [5.41, 5.74) is 0.144. The van der Waals surface area contributed by atoms with E-state index in [4.69, 9.17) is 4.74 Å². The lowest BCUT2D eigenvalue weighted by Gasteiger charge is -2.40. The Labute approximate surface area is 170 Å². The number of nitrogens with one attached hydrogen (secondary N) is 3. The van der Waals surface area contributed by atoms with Gasteiger partial charge in [0.1, 0.15) is 0 Å². The summed E-state index contributed by atoms with van der Waals surface area (Å²) >= 11 is 0. The number of guanidine groups is 1. The summed E-state index contributed by atoms with van der Waals surface area (Å²) in [5, 5.41) is 9.53. The van der Waals surface area contributed by atoms with Crippen LogP contribution in [0.15, 0.2) is 4.99 Å². The maximum absolute atomic E-state index is 11.5. The lowest BCUT2D eigenvalue weighted by molar-refractivity contribution is -0.123. The average Bonchev–Trinajstić information content (AvgIpc) is 2.53. The van der Waals surface area contributed by atoms with E-state index in [2.05, 4.69) is 41.7 Å². The van der Waals surface area contributed by atoms with Crippen molar-refractivity contribution in [3.8, 4) is 0 Å². The standard InChI is InChI=1S/C18H36N4O2.HI/c1-13(2)16(23)20-9-10-21-17(19-6)22-12-14-8-7-11-24-15(14)18(3,4)5;/h13-15H,7-12H2,1-6H3,(H,20,23)(H2,19,21,22);1H. The second kappa shape index (κ2) is 11.9. The Kier molecular flexibility index (Phi) is 11.7. The zero-order valence-electron chi connectivity index (χ0n) is 16.6. The molecule has 3 N–H and O–H groups in total. The SMILES string of the molecule is CN=C(NCCNC(=O)C(C)C)NCC1CCCOC1C(C)(C)C.I. The van der Waals surface area contributed by atoms with Crippen molar-refractivity contribution in [1.82, 2.24) is 16.0 Å². The van der Waals surface area contributed by atoms with Crippen molar-refractivity contribution in [2.24, 2.45) is 22.2 Å². The van der Waals surface area contributed by atoms with Crippen LogP contribution in [-0.2, 0) is 9.53 Å². The van der Waals surface area contributed by atoms with Gasteiger partial charge in [0.25, 0.3) is 0 Å². The quantitative estimate of drug-likeness (QED) is 0.242. The summed E-state index contributed by atoms with van der Waals surface area (Å²) in [4.78, 5) is 15.8. The number of amides is 1. The number of hydrogen-bond acceptors (Lipinski definition) is 3. The molecular weight excluding hydrogens is 431 g/mol. The minimum Gasteiger partial charge on any atom is -0.377 e. The number of halogens is 1. The first-order valence-corrected chi connectivity index (χ1v) is 9.09. The van der Waals surface area contributed by atoms with Gasteiger partial charge in [0, 0.05) is 45.1 Å². The highest BCUT2D eigenvalue weighted by atomic mass is 127. The van der Waals surface area contributed by atoms with Crippen molar-refractivity contribution in [2.75, 3.05) is 33.3 Å². The lowest BCUT2D eigenvalue weighted by Crippen LogP contribution is -2.48. The summed E-state index contributed by atoms with van der Waals surface area (Å²) < 4.78 is 6.02. The van der Waals surface area contributed by atoms with Crippen molar-refractivity contribution in [1.29, 1.82) is 0 Å². The van der Waals surface area contributed by atoms with Crippen LogP contribution >= 0.6 is 24.0 Å². The Hall–Kier alpha value is -0.570. The topological polar surface area (TPSA) is 74.8 Å². The molecule has 0 saturated carbocycles. The average molecular weight is 468 g/mol. The number of ether oxygens (including phenoxy) is 1. The van der Waals surface area contributed by atoms with E-state index >= 15 is 0 Å². The first-order valence-electron chi connectivity index (χ1n) is 9.09. The number of carbonyl (C=O) groups is 1. The Morgan fingerprint density at radius 2 is 1.84 bits per heavy atom. The van der Waals surface area contributed by atoms with Crippen molar-refractivity contribution < 1.29 is 9.53 Å². The van der Waals surface area contributed by atoms with E-state index in [-0.39, 0.29) is 47.3 Å². The molecule has 1 aliphatic rings. The number of aliphatic imine (C=N–C) groups is 1. The van der Waals surface area contributed by atoms with Crippen LogP contribution in [0.25, 0.3) is 0 Å². The van der Waals surface area contributed by atoms with E-state index in [1.807, 2.05) is 13.8 Å². The van der Waals surface area contributed by atoms with Crippen LogP contribution in [0, 0.1) is 17.3 Å². The van der Waals surface area contributed by atoms with Crippen molar-refractivity contribution >= 4 is 35.8 Å². The summed E-state index contributed by atoms with van der Waals surface area (Å²) in [5.74, 6) is 1.35. The van der Waals surface area contributed by atoms with Crippen LogP contribution in [0.4, 0.5) is 0 Å². The maximum atomic E-state index is 11.5. The van der Waals surface area contributed by atoms with Crippen LogP contribution in [0.1, 0.15) is 47.5 Å². The highest BCUT2D eigenvalue weighted by Gasteiger charge is 2.35. The van der Waals surface area contributed by atoms with Gasteiger partial charge in [0.2, 0.25) is 5.91 Å². The Morgan fingerprint density at radius 3 is 2.40 bits per heavy atom. The molecular formula is C18H37IN4O2. The van der Waals surface area contributed by atoms with Crippen LogP contribution in [-0.4, -0.2) is 51.3 Å². The van der Waals surface area contributed by atoms with Gasteiger partial charge in [-0.15, -0.1) is 24.0 Å². The zero-order chi connectivity index (χ0) is 18.2. The smallest absolute Gasteiger partial charge is 0.222 e. The van der Waals surface area contributed by atoms with Crippen molar-refractivity contribution in [2.45, 2.75) is 53.6 Å². The van der Waals surface area contributed by atoms with Crippen molar-refractivity contribution in [3.05, 3.63) is 0 Å². The summed E-state index contributed by atoms with van der Waals surface area (Å²) in [6, 6.07) is 0. The van der Waals surface area contributed by atoms with Gasteiger partial charge in [0.05, 0.1) is 6.10 Å². The fourth-order valence-electron chi connectivity index (χ4n) is 3.03. The first-order chi connectivity index (χ1) is 11.3. The van der Waals surface area contributed by atoms with E-state index in [1.165, 1.54) is 6.42 Å². The fraction of sp³-hybridized carbons (Fsp3) is 0.889. The molecule has 1 amide bonds. The van der Waals surface area contributed by atoms with Crippen molar-refractivity contribution in [3.63, 3.8) is 0 Å². The van der Waals surface area contributed by atoms with E-state index in [0.29, 0.717) is 19.0 Å². The molecule has 1 fully saturated rings. The molecule has 6 nitrogen and oxygen atoms in total. The molecule has 0 spiro atoms. The first kappa shape index (κ1) is 24.4. The van der Waals surface area contributed by atoms with E-state index in [0.717, 1.165) is 25.5 Å². The minimum absolute atomic E-state index is 0. The second-order valence-corrected chi connectivity index (χ2v) is 7.89. The van der Waals surface area contributed by atoms with E-state index in [9.17, 15) is 4.79 Å². The maximum Gasteiger partial charge on any atom is 0.222 e. The van der Waals surface area contributed by atoms with Gasteiger partial charge in [-0.05, 0) is 18.3 Å². The molecule has 0 aliphatic carbocycles. The molecule has 25 heavy (non-hydrogen) atoms. The van der Waals surface area contributed by atoms with Crippen LogP contribution < -0.4 is 16.0 Å².